The van der Waals surface area contributed by atoms with Crippen molar-refractivity contribution in [2.24, 2.45) is 5.41 Å². The van der Waals surface area contributed by atoms with E-state index in [0.29, 0.717) is 12.0 Å². The molecule has 0 radical (unpaired) electrons. The Bertz CT molecular complexity index is 570. The third-order valence-corrected chi connectivity index (χ3v) is 3.26. The van der Waals surface area contributed by atoms with Gasteiger partial charge in [0, 0.05) is 17.2 Å². The number of H-pyrrole nitrogens is 1. The molecule has 0 saturated carbocycles. The Morgan fingerprint density at radius 1 is 1.59 bits per heavy atom. The zero-order valence-electron chi connectivity index (χ0n) is 9.93. The van der Waals surface area contributed by atoms with Crippen LogP contribution in [0, 0.1) is 12.3 Å². The Morgan fingerprint density at radius 2 is 2.29 bits per heavy atom. The molecule has 0 unspecified atom stereocenters. The van der Waals surface area contributed by atoms with Crippen LogP contribution in [0.2, 0.25) is 0 Å². The average molecular weight is 236 g/mol. The number of hydrogen-bond acceptors (Lipinski definition) is 3. The molecule has 0 spiro atoms. The van der Waals surface area contributed by atoms with Crippen molar-refractivity contribution in [1.82, 2.24) is 9.55 Å². The van der Waals surface area contributed by atoms with Crippen molar-refractivity contribution in [3.8, 4) is 0 Å². The quantitative estimate of drug-likeness (QED) is 0.727. The van der Waals surface area contributed by atoms with Gasteiger partial charge in [-0.2, -0.15) is 0 Å². The van der Waals surface area contributed by atoms with Gasteiger partial charge in [-0.1, -0.05) is 19.1 Å². The molecule has 0 saturated heterocycles. The smallest absolute Gasteiger partial charge is 0.328 e. The van der Waals surface area contributed by atoms with E-state index in [1.165, 1.54) is 4.57 Å². The molecule has 17 heavy (non-hydrogen) atoms. The minimum absolute atomic E-state index is 0.0527. The fraction of sp³-hybridized carbons (Fsp3) is 0.500. The van der Waals surface area contributed by atoms with E-state index >= 15 is 0 Å². The van der Waals surface area contributed by atoms with Gasteiger partial charge in [-0.25, -0.2) is 4.79 Å². The minimum Gasteiger partial charge on any atom is -0.395 e. The summed E-state index contributed by atoms with van der Waals surface area (Å²) < 4.78 is 1.51. The lowest BCUT2D eigenvalue weighted by molar-refractivity contribution is 0.174. The summed E-state index contributed by atoms with van der Waals surface area (Å²) in [5, 5.41) is 9.26. The molecule has 1 aliphatic carbocycles. The molecule has 2 N–H and O–H groups in total. The highest BCUT2D eigenvalue weighted by Crippen LogP contribution is 2.36. The van der Waals surface area contributed by atoms with Crippen LogP contribution in [0.5, 0.6) is 0 Å². The predicted octanol–water partition coefficient (Wildman–Crippen LogP) is 0.345. The Kier molecular flexibility index (Phi) is 2.79. The molecule has 0 amide bonds. The molecule has 1 heterocycles. The molecule has 1 aromatic rings. The van der Waals surface area contributed by atoms with Crippen LogP contribution < -0.4 is 11.2 Å². The second kappa shape index (κ2) is 4.00. The highest BCUT2D eigenvalue weighted by Gasteiger charge is 2.30. The summed E-state index contributed by atoms with van der Waals surface area (Å²) in [5.41, 5.74) is -0.528. The first-order valence-corrected chi connectivity index (χ1v) is 5.57. The van der Waals surface area contributed by atoms with Crippen LogP contribution in [0.15, 0.2) is 27.9 Å². The van der Waals surface area contributed by atoms with Crippen molar-refractivity contribution in [2.45, 2.75) is 26.3 Å². The van der Waals surface area contributed by atoms with Crippen LogP contribution in [0.4, 0.5) is 0 Å². The van der Waals surface area contributed by atoms with Crippen LogP contribution in [0.1, 0.15) is 24.9 Å². The van der Waals surface area contributed by atoms with E-state index in [2.05, 4.69) is 4.98 Å². The lowest BCUT2D eigenvalue weighted by Crippen LogP contribution is -2.33. The van der Waals surface area contributed by atoms with Crippen LogP contribution >= 0.6 is 0 Å². The number of aryl methyl sites for hydroxylation is 1. The molecule has 1 aromatic heterocycles. The van der Waals surface area contributed by atoms with Crippen molar-refractivity contribution >= 4 is 0 Å². The van der Waals surface area contributed by atoms with Gasteiger partial charge >= 0.3 is 5.69 Å². The molecular weight excluding hydrogens is 220 g/mol. The predicted molar refractivity (Wildman–Crippen MR) is 64.0 cm³/mol. The normalized spacial score (nSPS) is 27.6. The zero-order valence-corrected chi connectivity index (χ0v) is 9.93. The number of rotatable bonds is 2. The Labute approximate surface area is 98.4 Å². The van der Waals surface area contributed by atoms with Gasteiger partial charge in [0.1, 0.15) is 0 Å². The first kappa shape index (κ1) is 11.9. The second-order valence-corrected chi connectivity index (χ2v) is 4.92. The third kappa shape index (κ3) is 2.10. The highest BCUT2D eigenvalue weighted by atomic mass is 16.3. The molecule has 0 fully saturated rings. The molecule has 5 nitrogen and oxygen atoms in total. The summed E-state index contributed by atoms with van der Waals surface area (Å²) in [6.45, 7) is 3.66. The zero-order chi connectivity index (χ0) is 12.6. The average Bonchev–Trinajstić information content (AvgIpc) is 2.67. The Balaban J connectivity index is 2.39. The van der Waals surface area contributed by atoms with Crippen LogP contribution in [0.25, 0.3) is 0 Å². The first-order chi connectivity index (χ1) is 7.95. The summed E-state index contributed by atoms with van der Waals surface area (Å²) in [6.07, 6.45) is 6.05. The number of allylic oxidation sites excluding steroid dienone is 1. The van der Waals surface area contributed by atoms with Gasteiger partial charge in [0.05, 0.1) is 12.6 Å². The number of aromatic nitrogens is 2. The van der Waals surface area contributed by atoms with E-state index in [9.17, 15) is 14.7 Å². The molecule has 0 aromatic carbocycles. The largest absolute Gasteiger partial charge is 0.395 e. The van der Waals surface area contributed by atoms with Gasteiger partial charge in [0.25, 0.3) is 5.56 Å². The number of nitrogens with one attached hydrogen (secondary N) is 1. The van der Waals surface area contributed by atoms with Crippen LogP contribution in [0.3, 0.4) is 0 Å². The molecule has 2 rings (SSSR count). The van der Waals surface area contributed by atoms with E-state index in [4.69, 9.17) is 0 Å². The Morgan fingerprint density at radius 3 is 2.88 bits per heavy atom. The van der Waals surface area contributed by atoms with Crippen molar-refractivity contribution in [3.63, 3.8) is 0 Å². The molecule has 1 aliphatic rings. The maximum Gasteiger partial charge on any atom is 0.328 e. The Hall–Kier alpha value is -1.62. The number of aliphatic hydroxyl groups is 1. The van der Waals surface area contributed by atoms with Crippen molar-refractivity contribution in [2.75, 3.05) is 6.61 Å². The van der Waals surface area contributed by atoms with Crippen LogP contribution in [-0.2, 0) is 0 Å². The van der Waals surface area contributed by atoms with Gasteiger partial charge in [-0.15, -0.1) is 0 Å². The van der Waals surface area contributed by atoms with Gasteiger partial charge in [0.15, 0.2) is 0 Å². The van der Waals surface area contributed by atoms with Crippen molar-refractivity contribution in [1.29, 1.82) is 0 Å². The first-order valence-electron chi connectivity index (χ1n) is 5.57. The number of aromatic amines is 1. The fourth-order valence-corrected chi connectivity index (χ4v) is 2.10. The van der Waals surface area contributed by atoms with E-state index in [1.54, 1.807) is 13.1 Å². The standard InChI is InChI=1S/C12H16N2O3/c1-8-6-14(11(17)13-10(8)16)9-3-4-12(2,5-9)7-15/h3-4,6,9,15H,5,7H2,1-2H3,(H,13,16,17)/t9-,12+/m0/s1. The number of aliphatic hydroxyl groups excluding tert-OH is 1. The van der Waals surface area contributed by atoms with Crippen molar-refractivity contribution in [3.05, 3.63) is 44.8 Å². The van der Waals surface area contributed by atoms with Gasteiger partial charge in [-0.05, 0) is 13.3 Å². The third-order valence-electron chi connectivity index (χ3n) is 3.26. The van der Waals surface area contributed by atoms with E-state index in [1.807, 2.05) is 19.1 Å². The highest BCUT2D eigenvalue weighted by molar-refractivity contribution is 5.13. The maximum atomic E-state index is 11.7. The molecule has 0 bridgehead atoms. The summed E-state index contributed by atoms with van der Waals surface area (Å²) in [4.78, 5) is 25.2. The fourth-order valence-electron chi connectivity index (χ4n) is 2.10. The molecule has 5 heteroatoms. The van der Waals surface area contributed by atoms with Gasteiger partial charge < -0.3 is 5.11 Å². The second-order valence-electron chi connectivity index (χ2n) is 4.92. The lowest BCUT2D eigenvalue weighted by atomic mass is 9.90. The SMILES string of the molecule is Cc1cn([C@H]2C=C[C@@](C)(CO)C2)c(=O)[nH]c1=O. The van der Waals surface area contributed by atoms with Crippen LogP contribution in [-0.4, -0.2) is 21.3 Å². The molecular formula is C12H16N2O3. The maximum absolute atomic E-state index is 11.7. The van der Waals surface area contributed by atoms with Gasteiger partial charge in [-0.3, -0.25) is 14.3 Å². The van der Waals surface area contributed by atoms with E-state index < -0.39 is 5.69 Å². The molecule has 2 atom stereocenters. The summed E-state index contributed by atoms with van der Waals surface area (Å²) >= 11 is 0. The summed E-state index contributed by atoms with van der Waals surface area (Å²) in [6, 6.07) is -0.102. The molecule has 0 aliphatic heterocycles. The monoisotopic (exact) mass is 236 g/mol. The van der Waals surface area contributed by atoms with Crippen molar-refractivity contribution < 1.29 is 5.11 Å². The van der Waals surface area contributed by atoms with E-state index in [0.717, 1.165) is 0 Å². The molecule has 92 valence electrons. The summed E-state index contributed by atoms with van der Waals surface area (Å²) in [7, 11) is 0. The topological polar surface area (TPSA) is 75.1 Å². The summed E-state index contributed by atoms with van der Waals surface area (Å²) in [5.74, 6) is 0. The van der Waals surface area contributed by atoms with Gasteiger partial charge in [0.2, 0.25) is 0 Å². The lowest BCUT2D eigenvalue weighted by Gasteiger charge is -2.21. The number of nitrogens with zero attached hydrogens (tertiary/aromatic N) is 1. The van der Waals surface area contributed by atoms with E-state index in [-0.39, 0.29) is 23.6 Å². The number of hydrogen-bond donors (Lipinski definition) is 2. The minimum atomic E-state index is -0.405.